The molecule has 118 valence electrons. The van der Waals surface area contributed by atoms with Crippen molar-refractivity contribution in [2.75, 3.05) is 37.6 Å². The van der Waals surface area contributed by atoms with Crippen LogP contribution in [0.4, 0.5) is 17.1 Å². The fraction of sp³-hybridized carbons (Fsp3) is 0.333. The van der Waals surface area contributed by atoms with Crippen molar-refractivity contribution in [3.63, 3.8) is 0 Å². The minimum absolute atomic E-state index is 0.155. The Morgan fingerprint density at radius 3 is 2.35 bits per heavy atom. The van der Waals surface area contributed by atoms with Crippen LogP contribution >= 0.6 is 0 Å². The Morgan fingerprint density at radius 2 is 1.65 bits per heavy atom. The Morgan fingerprint density at radius 1 is 0.957 bits per heavy atom. The van der Waals surface area contributed by atoms with Crippen LogP contribution in [0, 0.1) is 10.1 Å². The predicted molar refractivity (Wildman–Crippen MR) is 91.9 cm³/mol. The highest BCUT2D eigenvalue weighted by Crippen LogP contribution is 2.36. The van der Waals surface area contributed by atoms with Crippen molar-refractivity contribution < 1.29 is 4.92 Å². The van der Waals surface area contributed by atoms with E-state index in [1.54, 1.807) is 12.1 Å². The molecule has 5 nitrogen and oxygen atoms in total. The van der Waals surface area contributed by atoms with Crippen molar-refractivity contribution in [3.05, 3.63) is 64.2 Å². The molecule has 5 heteroatoms. The number of para-hydroxylation sites is 1. The number of quaternary nitrogens is 1. The summed E-state index contributed by atoms with van der Waals surface area (Å²) in [6.45, 7) is 5.40. The molecule has 2 heterocycles. The van der Waals surface area contributed by atoms with Gasteiger partial charge in [0.15, 0.2) is 0 Å². The molecule has 0 aromatic heterocycles. The van der Waals surface area contributed by atoms with Crippen LogP contribution in [-0.2, 0) is 6.42 Å². The number of nitro benzene ring substituents is 1. The molecule has 0 unspecified atom stereocenters. The number of hydrogen-bond donors (Lipinski definition) is 0. The molecule has 2 aromatic carbocycles. The van der Waals surface area contributed by atoms with Crippen LogP contribution in [0.3, 0.4) is 0 Å². The topological polar surface area (TPSA) is 46.4 Å². The zero-order valence-electron chi connectivity index (χ0n) is 13.0. The van der Waals surface area contributed by atoms with E-state index in [1.165, 1.54) is 24.2 Å². The molecule has 2 aliphatic rings. The molecule has 0 bridgehead atoms. The smallest absolute Gasteiger partial charge is 0.269 e. The zero-order chi connectivity index (χ0) is 15.9. The van der Waals surface area contributed by atoms with Gasteiger partial charge in [-0.3, -0.25) is 14.6 Å². The van der Waals surface area contributed by atoms with Gasteiger partial charge in [-0.25, -0.2) is 0 Å². The molecule has 0 N–H and O–H groups in total. The van der Waals surface area contributed by atoms with Crippen LogP contribution in [0.15, 0.2) is 48.5 Å². The third-order valence-corrected chi connectivity index (χ3v) is 5.33. The number of non-ortho nitro benzene ring substituents is 1. The summed E-state index contributed by atoms with van der Waals surface area (Å²) < 4.78 is 1.10. The molecule has 4 rings (SSSR count). The molecule has 0 saturated carbocycles. The van der Waals surface area contributed by atoms with Crippen LogP contribution < -0.4 is 9.38 Å². The first-order valence-corrected chi connectivity index (χ1v) is 8.12. The molecule has 1 spiro atoms. The molecular formula is C18H20N3O2+. The van der Waals surface area contributed by atoms with Crippen molar-refractivity contribution in [2.24, 2.45) is 0 Å². The Kier molecular flexibility index (Phi) is 3.31. The van der Waals surface area contributed by atoms with E-state index in [2.05, 4.69) is 29.2 Å². The first-order valence-electron chi connectivity index (χ1n) is 8.12. The predicted octanol–water partition coefficient (Wildman–Crippen LogP) is 2.98. The van der Waals surface area contributed by atoms with Gasteiger partial charge >= 0.3 is 0 Å². The Hall–Kier alpha value is -2.40. The first kappa shape index (κ1) is 14.2. The van der Waals surface area contributed by atoms with Crippen LogP contribution in [0.1, 0.15) is 5.56 Å². The molecule has 0 amide bonds. The number of nitro groups is 1. The van der Waals surface area contributed by atoms with Gasteiger partial charge in [-0.15, -0.1) is 0 Å². The van der Waals surface area contributed by atoms with Gasteiger partial charge in [0.2, 0.25) is 0 Å². The number of nitrogens with zero attached hydrogens (tertiary/aromatic N) is 3. The Balaban J connectivity index is 1.50. The monoisotopic (exact) mass is 310 g/mol. The molecule has 0 atom stereocenters. The van der Waals surface area contributed by atoms with Gasteiger partial charge in [-0.1, -0.05) is 18.2 Å². The molecule has 0 radical (unpaired) electrons. The molecule has 2 aromatic rings. The Bertz CT molecular complexity index is 734. The zero-order valence-corrected chi connectivity index (χ0v) is 13.0. The quantitative estimate of drug-likeness (QED) is 0.487. The second kappa shape index (κ2) is 5.35. The van der Waals surface area contributed by atoms with Gasteiger partial charge in [0.05, 0.1) is 24.6 Å². The largest absolute Gasteiger partial charge is 0.360 e. The average Bonchev–Trinajstić information content (AvgIpc) is 2.95. The highest BCUT2D eigenvalue weighted by atomic mass is 16.6. The van der Waals surface area contributed by atoms with Crippen molar-refractivity contribution in [2.45, 2.75) is 6.42 Å². The fourth-order valence-electron chi connectivity index (χ4n) is 4.00. The minimum Gasteiger partial charge on any atom is -0.360 e. The minimum atomic E-state index is -0.346. The van der Waals surface area contributed by atoms with E-state index in [9.17, 15) is 10.1 Å². The van der Waals surface area contributed by atoms with Crippen molar-refractivity contribution in [1.82, 2.24) is 4.48 Å². The molecule has 1 saturated heterocycles. The maximum absolute atomic E-state index is 10.8. The maximum Gasteiger partial charge on any atom is 0.269 e. The van der Waals surface area contributed by atoms with Crippen molar-refractivity contribution >= 4 is 17.1 Å². The van der Waals surface area contributed by atoms with E-state index in [1.807, 2.05) is 12.1 Å². The summed E-state index contributed by atoms with van der Waals surface area (Å²) in [7, 11) is 0. The van der Waals surface area contributed by atoms with Crippen LogP contribution in [0.5, 0.6) is 0 Å². The number of fused-ring (bicyclic) bond motifs is 2. The molecule has 2 aliphatic heterocycles. The third kappa shape index (κ3) is 2.37. The molecule has 1 fully saturated rings. The van der Waals surface area contributed by atoms with E-state index in [-0.39, 0.29) is 10.6 Å². The van der Waals surface area contributed by atoms with Gasteiger partial charge in [0.1, 0.15) is 18.8 Å². The summed E-state index contributed by atoms with van der Waals surface area (Å²) in [6.07, 6.45) is 1.17. The summed E-state index contributed by atoms with van der Waals surface area (Å²) in [6, 6.07) is 15.7. The highest BCUT2D eigenvalue weighted by Gasteiger charge is 2.40. The number of rotatable bonds is 2. The van der Waals surface area contributed by atoms with Crippen molar-refractivity contribution in [1.29, 1.82) is 0 Å². The second-order valence-electron chi connectivity index (χ2n) is 6.46. The first-order chi connectivity index (χ1) is 11.2. The Labute approximate surface area is 135 Å². The number of benzene rings is 2. The number of anilines is 1. The number of hydrogen-bond acceptors (Lipinski definition) is 3. The summed E-state index contributed by atoms with van der Waals surface area (Å²) in [5.74, 6) is 0. The van der Waals surface area contributed by atoms with Crippen molar-refractivity contribution in [3.8, 4) is 0 Å². The van der Waals surface area contributed by atoms with Crippen LogP contribution in [0.25, 0.3) is 0 Å². The summed E-state index contributed by atoms with van der Waals surface area (Å²) >= 11 is 0. The summed E-state index contributed by atoms with van der Waals surface area (Å²) in [4.78, 5) is 12.8. The van der Waals surface area contributed by atoms with E-state index >= 15 is 0 Å². The van der Waals surface area contributed by atoms with Gasteiger partial charge in [-0.05, 0) is 18.2 Å². The average molecular weight is 310 g/mol. The second-order valence-corrected chi connectivity index (χ2v) is 6.46. The van der Waals surface area contributed by atoms with Gasteiger partial charge in [0.25, 0.3) is 5.69 Å². The maximum atomic E-state index is 10.8. The molecular weight excluding hydrogens is 290 g/mol. The van der Waals surface area contributed by atoms with Crippen LogP contribution in [-0.4, -0.2) is 37.6 Å². The van der Waals surface area contributed by atoms with Gasteiger partial charge in [-0.2, -0.15) is 0 Å². The molecule has 0 aliphatic carbocycles. The van der Waals surface area contributed by atoms with Gasteiger partial charge < -0.3 is 4.90 Å². The summed E-state index contributed by atoms with van der Waals surface area (Å²) in [5, 5.41) is 10.8. The fourth-order valence-corrected chi connectivity index (χ4v) is 4.00. The highest BCUT2D eigenvalue weighted by molar-refractivity contribution is 5.57. The normalized spacial score (nSPS) is 18.9. The lowest BCUT2D eigenvalue weighted by Gasteiger charge is -2.42. The summed E-state index contributed by atoms with van der Waals surface area (Å²) in [5.41, 5.74) is 4.23. The SMILES string of the molecule is O=[N+]([O-])c1ccc(N2CC[N+]3(CCc4ccccc43)CC2)cc1. The van der Waals surface area contributed by atoms with E-state index in [4.69, 9.17) is 0 Å². The van der Waals surface area contributed by atoms with E-state index in [0.29, 0.717) is 0 Å². The standard InChI is InChI=1S/C18H20N3O2/c22-20(23)17-7-5-16(6-8-17)19-10-13-21(14-11-19)12-9-15-3-1-2-4-18(15)21/h1-8H,9-14H2/q+1. The lowest BCUT2D eigenvalue weighted by atomic mass is 10.1. The van der Waals surface area contributed by atoms with E-state index < -0.39 is 0 Å². The van der Waals surface area contributed by atoms with Gasteiger partial charge in [0, 0.05) is 29.8 Å². The lowest BCUT2D eigenvalue weighted by Crippen LogP contribution is -2.60. The number of piperazine rings is 1. The van der Waals surface area contributed by atoms with E-state index in [0.717, 1.165) is 36.3 Å². The molecule has 23 heavy (non-hydrogen) atoms. The lowest BCUT2D eigenvalue weighted by molar-refractivity contribution is -0.384. The third-order valence-electron chi connectivity index (χ3n) is 5.33. The van der Waals surface area contributed by atoms with Crippen LogP contribution in [0.2, 0.25) is 0 Å².